The molecule has 0 radical (unpaired) electrons. The number of benzene rings is 2. The normalized spacial score (nSPS) is 15.8. The fourth-order valence-electron chi connectivity index (χ4n) is 3.36. The maximum atomic E-state index is 13.1. The molecule has 1 amide bonds. The van der Waals surface area contributed by atoms with Crippen molar-refractivity contribution in [2.24, 2.45) is 0 Å². The summed E-state index contributed by atoms with van der Waals surface area (Å²) >= 11 is 11.9. The van der Waals surface area contributed by atoms with Gasteiger partial charge in [-0.1, -0.05) is 35.7 Å². The lowest BCUT2D eigenvalue weighted by Crippen LogP contribution is -2.36. The van der Waals surface area contributed by atoms with Gasteiger partial charge in [-0.15, -0.1) is 0 Å². The molecule has 0 bridgehead atoms. The van der Waals surface area contributed by atoms with Crippen molar-refractivity contribution in [2.75, 3.05) is 18.4 Å². The minimum atomic E-state index is -3.72. The molecule has 0 aliphatic carbocycles. The van der Waals surface area contributed by atoms with E-state index in [0.29, 0.717) is 29.4 Å². The number of esters is 1. The minimum Gasteiger partial charge on any atom is -0.449 e. The van der Waals surface area contributed by atoms with Gasteiger partial charge in [-0.25, -0.2) is 13.2 Å². The van der Waals surface area contributed by atoms with Crippen LogP contribution in [0.15, 0.2) is 41.3 Å². The average molecular weight is 499 g/mol. The lowest BCUT2D eigenvalue weighted by Gasteiger charge is -2.26. The van der Waals surface area contributed by atoms with Crippen LogP contribution in [0, 0.1) is 6.92 Å². The first-order valence-corrected chi connectivity index (χ1v) is 12.4. The number of amides is 1. The molecule has 1 atom stereocenters. The number of nitrogens with one attached hydrogen (secondary N) is 1. The maximum absolute atomic E-state index is 13.1. The number of hydrogen-bond donors (Lipinski definition) is 1. The van der Waals surface area contributed by atoms with Crippen molar-refractivity contribution < 1.29 is 22.7 Å². The first kappa shape index (κ1) is 24.5. The SMILES string of the molecule is Cc1ccc(C(=O)OC(C)C(=O)Nc2ccc(Cl)cc2Cl)cc1S(=O)(=O)N1CCCCC1. The van der Waals surface area contributed by atoms with E-state index in [1.807, 2.05) is 0 Å². The average Bonchev–Trinajstić information content (AvgIpc) is 2.76. The van der Waals surface area contributed by atoms with E-state index in [9.17, 15) is 18.0 Å². The second kappa shape index (κ2) is 10.2. The third-order valence-corrected chi connectivity index (χ3v) is 7.79. The predicted molar refractivity (Wildman–Crippen MR) is 124 cm³/mol. The van der Waals surface area contributed by atoms with Crippen LogP contribution in [0.1, 0.15) is 42.1 Å². The Morgan fingerprint density at radius 1 is 1.06 bits per heavy atom. The number of carbonyl (C=O) groups is 2. The Kier molecular flexibility index (Phi) is 7.82. The van der Waals surface area contributed by atoms with Crippen molar-refractivity contribution >= 4 is 50.8 Å². The summed E-state index contributed by atoms with van der Waals surface area (Å²) in [6.45, 7) is 4.01. The number of carbonyl (C=O) groups excluding carboxylic acids is 2. The number of halogens is 2. The molecule has 7 nitrogen and oxygen atoms in total. The Labute approximate surface area is 197 Å². The van der Waals surface area contributed by atoms with E-state index in [1.165, 1.54) is 35.5 Å². The summed E-state index contributed by atoms with van der Waals surface area (Å²) in [4.78, 5) is 25.1. The van der Waals surface area contributed by atoms with Crippen molar-refractivity contribution in [3.05, 3.63) is 57.6 Å². The molecule has 2 aromatic rings. The number of ether oxygens (including phenoxy) is 1. The fraction of sp³-hybridized carbons (Fsp3) is 0.364. The topological polar surface area (TPSA) is 92.8 Å². The summed E-state index contributed by atoms with van der Waals surface area (Å²) in [6.07, 6.45) is 1.48. The van der Waals surface area contributed by atoms with Gasteiger partial charge in [0.25, 0.3) is 5.91 Å². The molecule has 1 unspecified atom stereocenters. The highest BCUT2D eigenvalue weighted by Gasteiger charge is 2.29. The van der Waals surface area contributed by atoms with Gasteiger partial charge in [0.15, 0.2) is 6.10 Å². The van der Waals surface area contributed by atoms with Gasteiger partial charge in [-0.2, -0.15) is 4.31 Å². The zero-order valence-electron chi connectivity index (χ0n) is 17.7. The molecule has 172 valence electrons. The van der Waals surface area contributed by atoms with Gasteiger partial charge in [0.1, 0.15) is 0 Å². The number of nitrogens with zero attached hydrogens (tertiary/aromatic N) is 1. The molecule has 1 N–H and O–H groups in total. The van der Waals surface area contributed by atoms with Gasteiger partial charge in [0, 0.05) is 18.1 Å². The van der Waals surface area contributed by atoms with Crippen LogP contribution >= 0.6 is 23.2 Å². The number of sulfonamides is 1. The quantitative estimate of drug-likeness (QED) is 0.584. The van der Waals surface area contributed by atoms with Gasteiger partial charge in [-0.3, -0.25) is 4.79 Å². The van der Waals surface area contributed by atoms with E-state index >= 15 is 0 Å². The van der Waals surface area contributed by atoms with Crippen LogP contribution in [-0.4, -0.2) is 43.8 Å². The molecule has 1 aliphatic rings. The Hall–Kier alpha value is -2.13. The lowest BCUT2D eigenvalue weighted by molar-refractivity contribution is -0.123. The van der Waals surface area contributed by atoms with E-state index in [2.05, 4.69) is 5.32 Å². The molecule has 32 heavy (non-hydrogen) atoms. The highest BCUT2D eigenvalue weighted by Crippen LogP contribution is 2.26. The van der Waals surface area contributed by atoms with Gasteiger partial charge >= 0.3 is 5.97 Å². The van der Waals surface area contributed by atoms with Gasteiger partial charge in [0.2, 0.25) is 10.0 Å². The number of piperidine rings is 1. The van der Waals surface area contributed by atoms with Crippen molar-refractivity contribution in [3.63, 3.8) is 0 Å². The summed E-state index contributed by atoms with van der Waals surface area (Å²) in [7, 11) is -3.72. The van der Waals surface area contributed by atoms with Crippen LogP contribution in [0.25, 0.3) is 0 Å². The van der Waals surface area contributed by atoms with Crippen molar-refractivity contribution in [2.45, 2.75) is 44.1 Å². The molecule has 0 aromatic heterocycles. The molecule has 1 heterocycles. The van der Waals surface area contributed by atoms with Crippen molar-refractivity contribution in [1.82, 2.24) is 4.31 Å². The monoisotopic (exact) mass is 498 g/mol. The number of rotatable bonds is 6. The molecular weight excluding hydrogens is 475 g/mol. The second-order valence-electron chi connectivity index (χ2n) is 7.61. The summed E-state index contributed by atoms with van der Waals surface area (Å²) < 4.78 is 32.8. The summed E-state index contributed by atoms with van der Waals surface area (Å²) in [5, 5.41) is 3.24. The van der Waals surface area contributed by atoms with Crippen molar-refractivity contribution in [3.8, 4) is 0 Å². The van der Waals surface area contributed by atoms with Gasteiger partial charge < -0.3 is 10.1 Å². The number of anilines is 1. The highest BCUT2D eigenvalue weighted by atomic mass is 35.5. The molecule has 0 spiro atoms. The summed E-state index contributed by atoms with van der Waals surface area (Å²) in [5.41, 5.74) is 0.917. The smallest absolute Gasteiger partial charge is 0.338 e. The highest BCUT2D eigenvalue weighted by molar-refractivity contribution is 7.89. The molecule has 0 saturated carbocycles. The molecule has 2 aromatic carbocycles. The van der Waals surface area contributed by atoms with E-state index in [0.717, 1.165) is 19.3 Å². The van der Waals surface area contributed by atoms with E-state index in [1.54, 1.807) is 19.1 Å². The standard InChI is InChI=1S/C22H24Cl2N2O5S/c1-14-6-7-16(12-20(14)32(29,30)26-10-4-3-5-11-26)22(28)31-15(2)21(27)25-19-9-8-17(23)13-18(19)24/h6-9,12-13,15H,3-5,10-11H2,1-2H3,(H,25,27). The molecule has 1 fully saturated rings. The Morgan fingerprint density at radius 3 is 2.41 bits per heavy atom. The summed E-state index contributed by atoms with van der Waals surface area (Å²) in [5.74, 6) is -1.39. The zero-order chi connectivity index (χ0) is 23.5. The van der Waals surface area contributed by atoms with Gasteiger partial charge in [0.05, 0.1) is 21.2 Å². The van der Waals surface area contributed by atoms with Crippen LogP contribution in [0.3, 0.4) is 0 Å². The van der Waals surface area contributed by atoms with Crippen molar-refractivity contribution in [1.29, 1.82) is 0 Å². The fourth-order valence-corrected chi connectivity index (χ4v) is 5.58. The molecular formula is C22H24Cl2N2O5S. The van der Waals surface area contributed by atoms with E-state index in [-0.39, 0.29) is 15.5 Å². The van der Waals surface area contributed by atoms with E-state index < -0.39 is 28.0 Å². The van der Waals surface area contributed by atoms with Crippen LogP contribution < -0.4 is 5.32 Å². The second-order valence-corrected chi connectivity index (χ2v) is 10.4. The van der Waals surface area contributed by atoms with Crippen LogP contribution in [0.2, 0.25) is 10.0 Å². The van der Waals surface area contributed by atoms with Gasteiger partial charge in [-0.05, 0) is 62.6 Å². The predicted octanol–water partition coefficient (Wildman–Crippen LogP) is 4.66. The third-order valence-electron chi connectivity index (χ3n) is 5.20. The van der Waals surface area contributed by atoms with E-state index in [4.69, 9.17) is 27.9 Å². The lowest BCUT2D eigenvalue weighted by atomic mass is 10.1. The first-order valence-electron chi connectivity index (χ1n) is 10.2. The summed E-state index contributed by atoms with van der Waals surface area (Å²) in [6, 6.07) is 8.93. The molecule has 1 aliphatic heterocycles. The molecule has 10 heteroatoms. The Balaban J connectivity index is 1.73. The Bertz CT molecular complexity index is 1130. The molecule has 3 rings (SSSR count). The largest absolute Gasteiger partial charge is 0.449 e. The first-order chi connectivity index (χ1) is 15.1. The van der Waals surface area contributed by atoms with Crippen LogP contribution in [0.5, 0.6) is 0 Å². The van der Waals surface area contributed by atoms with Crippen LogP contribution in [0.4, 0.5) is 5.69 Å². The maximum Gasteiger partial charge on any atom is 0.338 e. The number of hydrogen-bond acceptors (Lipinski definition) is 5. The molecule has 1 saturated heterocycles. The minimum absolute atomic E-state index is 0.0513. The zero-order valence-corrected chi connectivity index (χ0v) is 20.1. The third kappa shape index (κ3) is 5.61. The number of aryl methyl sites for hydroxylation is 1. The Morgan fingerprint density at radius 2 is 1.75 bits per heavy atom. The van der Waals surface area contributed by atoms with Crippen LogP contribution in [-0.2, 0) is 19.6 Å².